The molecule has 4 aromatic rings. The molecule has 0 aliphatic carbocycles. The predicted molar refractivity (Wildman–Crippen MR) is 132 cm³/mol. The molecule has 0 amide bonds. The number of nitrogens with one attached hydrogen (secondary N) is 1. The van der Waals surface area contributed by atoms with Crippen LogP contribution in [0.5, 0.6) is 17.2 Å². The van der Waals surface area contributed by atoms with Gasteiger partial charge in [0.25, 0.3) is 0 Å². The van der Waals surface area contributed by atoms with Gasteiger partial charge in [-0.25, -0.2) is 0 Å². The number of methoxy groups -OCH3 is 1. The van der Waals surface area contributed by atoms with Gasteiger partial charge in [-0.2, -0.15) is 0 Å². The molecule has 0 saturated heterocycles. The molecule has 0 spiro atoms. The number of para-hydroxylation sites is 1. The second-order valence-electron chi connectivity index (χ2n) is 7.66. The van der Waals surface area contributed by atoms with Gasteiger partial charge in [0.2, 0.25) is 5.95 Å². The standard InChI is InChI=1S/C25H20Cl2N4O3/c1-33-17-7-8-18(15(10-17)13-34-24-9-6-16(26)11-20(24)27)22-12-21(19-4-2-3-5-23(19)32)29-25-30-28-14-31(22)25/h2-12,14,22,32H,13H2,1H3,(H,29,30)/t22-/m0/s1. The monoisotopic (exact) mass is 494 g/mol. The first-order chi connectivity index (χ1) is 16.5. The van der Waals surface area contributed by atoms with Crippen molar-refractivity contribution in [3.05, 3.63) is 99.8 Å². The number of halogens is 2. The van der Waals surface area contributed by atoms with Gasteiger partial charge in [-0.3, -0.25) is 4.57 Å². The minimum atomic E-state index is -0.258. The zero-order chi connectivity index (χ0) is 23.7. The fourth-order valence-corrected chi connectivity index (χ4v) is 4.37. The number of fused-ring (bicyclic) bond motifs is 1. The number of hydrogen-bond donors (Lipinski definition) is 2. The minimum absolute atomic E-state index is 0.170. The van der Waals surface area contributed by atoms with Crippen LogP contribution in [-0.2, 0) is 6.61 Å². The van der Waals surface area contributed by atoms with Gasteiger partial charge < -0.3 is 19.9 Å². The molecule has 1 aliphatic rings. The summed E-state index contributed by atoms with van der Waals surface area (Å²) < 4.78 is 13.4. The van der Waals surface area contributed by atoms with E-state index in [-0.39, 0.29) is 18.4 Å². The van der Waals surface area contributed by atoms with E-state index in [4.69, 9.17) is 32.7 Å². The number of anilines is 1. The molecule has 0 fully saturated rings. The number of aromatic nitrogens is 3. The summed E-state index contributed by atoms with van der Waals surface area (Å²) in [5.41, 5.74) is 3.25. The Hall–Kier alpha value is -3.68. The molecule has 7 nitrogen and oxygen atoms in total. The molecule has 1 aliphatic heterocycles. The summed E-state index contributed by atoms with van der Waals surface area (Å²) in [6, 6.07) is 17.8. The lowest BCUT2D eigenvalue weighted by molar-refractivity contribution is 0.303. The van der Waals surface area contributed by atoms with E-state index in [9.17, 15) is 5.11 Å². The lowest BCUT2D eigenvalue weighted by atomic mass is 9.96. The molecule has 0 saturated carbocycles. The van der Waals surface area contributed by atoms with Gasteiger partial charge in [-0.05, 0) is 59.7 Å². The summed E-state index contributed by atoms with van der Waals surface area (Å²) in [5.74, 6) is 1.96. The normalized spacial score (nSPS) is 14.7. The van der Waals surface area contributed by atoms with Crippen LogP contribution in [0.1, 0.15) is 22.7 Å². The quantitative estimate of drug-likeness (QED) is 0.345. The van der Waals surface area contributed by atoms with Gasteiger partial charge in [-0.15, -0.1) is 10.2 Å². The fraction of sp³-hybridized carbons (Fsp3) is 0.120. The minimum Gasteiger partial charge on any atom is -0.507 e. The number of hydrogen-bond acceptors (Lipinski definition) is 6. The third kappa shape index (κ3) is 4.27. The highest BCUT2D eigenvalue weighted by Gasteiger charge is 2.26. The second-order valence-corrected chi connectivity index (χ2v) is 8.50. The number of benzene rings is 3. The van der Waals surface area contributed by atoms with Crippen molar-refractivity contribution in [3.8, 4) is 17.2 Å². The van der Waals surface area contributed by atoms with Crippen molar-refractivity contribution >= 4 is 34.8 Å². The average molecular weight is 495 g/mol. The Morgan fingerprint density at radius 1 is 1.09 bits per heavy atom. The maximum absolute atomic E-state index is 10.4. The highest BCUT2D eigenvalue weighted by molar-refractivity contribution is 6.35. The van der Waals surface area contributed by atoms with Crippen molar-refractivity contribution in [2.24, 2.45) is 0 Å². The second kappa shape index (κ2) is 9.29. The van der Waals surface area contributed by atoms with Crippen LogP contribution in [0.2, 0.25) is 10.0 Å². The highest BCUT2D eigenvalue weighted by atomic mass is 35.5. The molecule has 0 bridgehead atoms. The van der Waals surface area contributed by atoms with Gasteiger partial charge in [0, 0.05) is 10.6 Å². The third-order valence-electron chi connectivity index (χ3n) is 5.58. The van der Waals surface area contributed by atoms with Gasteiger partial charge >= 0.3 is 0 Å². The van der Waals surface area contributed by atoms with Crippen molar-refractivity contribution in [1.82, 2.24) is 14.8 Å². The molecule has 1 atom stereocenters. The van der Waals surface area contributed by atoms with E-state index < -0.39 is 0 Å². The number of ether oxygens (including phenoxy) is 2. The largest absolute Gasteiger partial charge is 0.507 e. The molecule has 2 N–H and O–H groups in total. The number of phenolic OH excluding ortho intramolecular Hbond substituents is 1. The van der Waals surface area contributed by atoms with E-state index in [0.717, 1.165) is 16.8 Å². The van der Waals surface area contributed by atoms with E-state index in [1.54, 1.807) is 43.8 Å². The number of aromatic hydroxyl groups is 1. The molecule has 172 valence electrons. The number of rotatable bonds is 6. The first-order valence-corrected chi connectivity index (χ1v) is 11.2. The molecule has 5 rings (SSSR count). The van der Waals surface area contributed by atoms with Crippen LogP contribution < -0.4 is 14.8 Å². The molecule has 34 heavy (non-hydrogen) atoms. The summed E-state index contributed by atoms with van der Waals surface area (Å²) in [4.78, 5) is 0. The number of phenols is 1. The summed E-state index contributed by atoms with van der Waals surface area (Å²) in [6.07, 6.45) is 3.68. The first kappa shape index (κ1) is 22.1. The SMILES string of the molecule is COc1ccc([C@@H]2C=C(c3ccccc3O)Nc3nncn32)c(COc2ccc(Cl)cc2Cl)c1. The summed E-state index contributed by atoms with van der Waals surface area (Å²) in [5, 5.41) is 22.9. The van der Waals surface area contributed by atoms with Crippen molar-refractivity contribution in [3.63, 3.8) is 0 Å². The Morgan fingerprint density at radius 3 is 2.74 bits per heavy atom. The van der Waals surface area contributed by atoms with Gasteiger partial charge in [0.05, 0.1) is 23.9 Å². The topological polar surface area (TPSA) is 81.4 Å². The molecule has 3 aromatic carbocycles. The zero-order valence-corrected chi connectivity index (χ0v) is 19.6. The van der Waals surface area contributed by atoms with Crippen LogP contribution in [0.4, 0.5) is 5.95 Å². The van der Waals surface area contributed by atoms with Crippen LogP contribution in [0.15, 0.2) is 73.1 Å². The van der Waals surface area contributed by atoms with Crippen LogP contribution in [0, 0.1) is 0 Å². The Bertz CT molecular complexity index is 1390. The fourth-order valence-electron chi connectivity index (χ4n) is 3.90. The van der Waals surface area contributed by atoms with Gasteiger partial charge in [-0.1, -0.05) is 41.4 Å². The van der Waals surface area contributed by atoms with Crippen LogP contribution in [0.25, 0.3) is 5.70 Å². The maximum atomic E-state index is 10.4. The van der Waals surface area contributed by atoms with Crippen molar-refractivity contribution in [1.29, 1.82) is 0 Å². The molecule has 1 aromatic heterocycles. The van der Waals surface area contributed by atoms with E-state index in [1.807, 2.05) is 41.0 Å². The van der Waals surface area contributed by atoms with Crippen molar-refractivity contribution in [2.45, 2.75) is 12.6 Å². The average Bonchev–Trinajstić information content (AvgIpc) is 3.32. The van der Waals surface area contributed by atoms with E-state index >= 15 is 0 Å². The number of allylic oxidation sites excluding steroid dienone is 1. The van der Waals surface area contributed by atoms with Gasteiger partial charge in [0.1, 0.15) is 30.2 Å². The Labute approximate surface area is 206 Å². The molecule has 9 heteroatoms. The number of nitrogens with zero attached hydrogens (tertiary/aromatic N) is 3. The van der Waals surface area contributed by atoms with Crippen LogP contribution in [-0.4, -0.2) is 27.0 Å². The first-order valence-electron chi connectivity index (χ1n) is 10.4. The zero-order valence-electron chi connectivity index (χ0n) is 18.1. The predicted octanol–water partition coefficient (Wildman–Crippen LogP) is 5.93. The third-order valence-corrected chi connectivity index (χ3v) is 6.11. The highest BCUT2D eigenvalue weighted by Crippen LogP contribution is 2.37. The van der Waals surface area contributed by atoms with E-state index in [1.165, 1.54) is 0 Å². The summed E-state index contributed by atoms with van der Waals surface area (Å²) >= 11 is 12.3. The Morgan fingerprint density at radius 2 is 1.94 bits per heavy atom. The summed E-state index contributed by atoms with van der Waals surface area (Å²) in [6.45, 7) is 0.245. The van der Waals surface area contributed by atoms with E-state index in [2.05, 4.69) is 15.5 Å². The Kier molecular flexibility index (Phi) is 6.04. The molecule has 2 heterocycles. The van der Waals surface area contributed by atoms with Crippen molar-refractivity contribution < 1.29 is 14.6 Å². The van der Waals surface area contributed by atoms with Crippen LogP contribution >= 0.6 is 23.2 Å². The maximum Gasteiger partial charge on any atom is 0.229 e. The van der Waals surface area contributed by atoms with Crippen molar-refractivity contribution in [2.75, 3.05) is 12.4 Å². The van der Waals surface area contributed by atoms with Crippen LogP contribution in [0.3, 0.4) is 0 Å². The molecular weight excluding hydrogens is 475 g/mol. The summed E-state index contributed by atoms with van der Waals surface area (Å²) in [7, 11) is 1.62. The molecule has 0 unspecified atom stereocenters. The Balaban J connectivity index is 1.56. The molecular formula is C25H20Cl2N4O3. The lowest BCUT2D eigenvalue weighted by Crippen LogP contribution is -2.20. The lowest BCUT2D eigenvalue weighted by Gasteiger charge is -2.27. The smallest absolute Gasteiger partial charge is 0.229 e. The van der Waals surface area contributed by atoms with E-state index in [0.29, 0.717) is 33.1 Å². The molecule has 0 radical (unpaired) electrons. The van der Waals surface area contributed by atoms with Gasteiger partial charge in [0.15, 0.2) is 0 Å².